The van der Waals surface area contributed by atoms with E-state index in [0.29, 0.717) is 5.75 Å². The zero-order valence-electron chi connectivity index (χ0n) is 11.8. The van der Waals surface area contributed by atoms with Gasteiger partial charge in [0.1, 0.15) is 11.5 Å². The van der Waals surface area contributed by atoms with E-state index in [0.717, 1.165) is 12.1 Å². The predicted molar refractivity (Wildman–Crippen MR) is 78.7 cm³/mol. The summed E-state index contributed by atoms with van der Waals surface area (Å²) in [5.74, 6) is 0.948. The summed E-state index contributed by atoms with van der Waals surface area (Å²) in [6, 6.07) is 5.53. The summed E-state index contributed by atoms with van der Waals surface area (Å²) in [5, 5.41) is 13.4. The molecule has 0 aliphatic carbocycles. The Bertz CT molecular complexity index is 393. The maximum absolute atomic E-state index is 9.95. The van der Waals surface area contributed by atoms with E-state index >= 15 is 0 Å². The number of thioether (sulfide) groups is 1. The van der Waals surface area contributed by atoms with Gasteiger partial charge in [-0.1, -0.05) is 6.07 Å². The van der Waals surface area contributed by atoms with Crippen LogP contribution < -0.4 is 10.1 Å². The van der Waals surface area contributed by atoms with Gasteiger partial charge in [0.2, 0.25) is 0 Å². The van der Waals surface area contributed by atoms with Gasteiger partial charge in [-0.15, -0.1) is 0 Å². The largest absolute Gasteiger partial charge is 0.507 e. The van der Waals surface area contributed by atoms with Crippen molar-refractivity contribution in [3.63, 3.8) is 0 Å². The molecular weight excluding hydrogens is 246 g/mol. The van der Waals surface area contributed by atoms with Crippen LogP contribution in [0.2, 0.25) is 0 Å². The van der Waals surface area contributed by atoms with Crippen LogP contribution in [0, 0.1) is 0 Å². The average Bonchev–Trinajstić information content (AvgIpc) is 2.36. The maximum atomic E-state index is 9.95. The molecule has 3 nitrogen and oxygen atoms in total. The van der Waals surface area contributed by atoms with Gasteiger partial charge in [0, 0.05) is 29.0 Å². The monoisotopic (exact) mass is 269 g/mol. The minimum Gasteiger partial charge on any atom is -0.507 e. The van der Waals surface area contributed by atoms with E-state index in [1.54, 1.807) is 13.2 Å². The number of phenols is 1. The minimum atomic E-state index is 0.113. The van der Waals surface area contributed by atoms with Gasteiger partial charge >= 0.3 is 0 Å². The molecule has 102 valence electrons. The van der Waals surface area contributed by atoms with Crippen molar-refractivity contribution in [2.75, 3.05) is 19.9 Å². The van der Waals surface area contributed by atoms with E-state index in [2.05, 4.69) is 32.3 Å². The summed E-state index contributed by atoms with van der Waals surface area (Å²) >= 11 is 1.83. The molecule has 0 bridgehead atoms. The molecule has 0 spiro atoms. The van der Waals surface area contributed by atoms with Crippen molar-refractivity contribution >= 4 is 11.8 Å². The first-order chi connectivity index (χ1) is 8.39. The molecule has 1 rings (SSSR count). The van der Waals surface area contributed by atoms with E-state index in [1.165, 1.54) is 0 Å². The Balaban J connectivity index is 2.70. The number of hydrogen-bond acceptors (Lipinski definition) is 4. The lowest BCUT2D eigenvalue weighted by Crippen LogP contribution is -2.33. The van der Waals surface area contributed by atoms with E-state index in [-0.39, 0.29) is 16.5 Å². The molecule has 1 aromatic rings. The summed E-state index contributed by atoms with van der Waals surface area (Å²) in [7, 11) is 1.59. The molecule has 1 unspecified atom stereocenters. The van der Waals surface area contributed by atoms with Crippen molar-refractivity contribution in [3.8, 4) is 11.5 Å². The topological polar surface area (TPSA) is 41.5 Å². The lowest BCUT2D eigenvalue weighted by molar-refractivity contribution is 0.403. The highest BCUT2D eigenvalue weighted by atomic mass is 32.2. The van der Waals surface area contributed by atoms with Gasteiger partial charge in [0.25, 0.3) is 0 Å². The van der Waals surface area contributed by atoms with Gasteiger partial charge in [0.15, 0.2) is 0 Å². The molecule has 18 heavy (non-hydrogen) atoms. The molecule has 0 aromatic heterocycles. The second-order valence-electron chi connectivity index (χ2n) is 4.99. The fourth-order valence-corrected chi connectivity index (χ4v) is 1.83. The second-order valence-corrected chi connectivity index (χ2v) is 6.50. The molecule has 0 fully saturated rings. The highest BCUT2D eigenvalue weighted by Gasteiger charge is 2.18. The van der Waals surface area contributed by atoms with Crippen LogP contribution in [0.5, 0.6) is 11.5 Å². The fourth-order valence-electron chi connectivity index (χ4n) is 1.60. The Morgan fingerprint density at radius 1 is 1.44 bits per heavy atom. The second kappa shape index (κ2) is 6.34. The molecule has 1 atom stereocenters. The third kappa shape index (κ3) is 4.10. The number of rotatable bonds is 6. The summed E-state index contributed by atoms with van der Waals surface area (Å²) in [6.45, 7) is 7.34. The summed E-state index contributed by atoms with van der Waals surface area (Å²) < 4.78 is 5.27. The zero-order valence-corrected chi connectivity index (χ0v) is 12.6. The van der Waals surface area contributed by atoms with E-state index in [1.807, 2.05) is 23.9 Å². The Kier molecular flexibility index (Phi) is 5.35. The van der Waals surface area contributed by atoms with Crippen LogP contribution in [0.4, 0.5) is 0 Å². The van der Waals surface area contributed by atoms with Crippen molar-refractivity contribution < 1.29 is 9.84 Å². The molecule has 0 aliphatic rings. The number of methoxy groups -OCH3 is 1. The first kappa shape index (κ1) is 15.2. The van der Waals surface area contributed by atoms with Crippen LogP contribution in [0.15, 0.2) is 18.2 Å². The lowest BCUT2D eigenvalue weighted by atomic mass is 10.1. The van der Waals surface area contributed by atoms with Crippen molar-refractivity contribution in [2.45, 2.75) is 31.6 Å². The number of aromatic hydroxyl groups is 1. The van der Waals surface area contributed by atoms with Gasteiger partial charge in [-0.2, -0.15) is 11.8 Å². The zero-order chi connectivity index (χ0) is 13.8. The molecule has 1 aromatic carbocycles. The van der Waals surface area contributed by atoms with E-state index in [4.69, 9.17) is 4.74 Å². The molecule has 0 radical (unpaired) electrons. The van der Waals surface area contributed by atoms with Gasteiger partial charge < -0.3 is 15.2 Å². The molecule has 0 saturated heterocycles. The smallest absolute Gasteiger partial charge is 0.124 e. The van der Waals surface area contributed by atoms with Crippen LogP contribution in [-0.2, 0) is 0 Å². The van der Waals surface area contributed by atoms with Gasteiger partial charge in [-0.05, 0) is 33.1 Å². The molecule has 0 heterocycles. The third-order valence-corrected chi connectivity index (χ3v) is 4.34. The highest BCUT2D eigenvalue weighted by molar-refractivity contribution is 7.99. The molecule has 0 saturated carbocycles. The number of hydrogen-bond donors (Lipinski definition) is 2. The number of benzene rings is 1. The quantitative estimate of drug-likeness (QED) is 0.832. The summed E-state index contributed by atoms with van der Waals surface area (Å²) in [6.07, 6.45) is 2.11. The minimum absolute atomic E-state index is 0.113. The average molecular weight is 269 g/mol. The number of nitrogens with one attached hydrogen (secondary N) is 1. The fraction of sp³-hybridized carbons (Fsp3) is 0.571. The van der Waals surface area contributed by atoms with Crippen LogP contribution in [-0.4, -0.2) is 29.8 Å². The number of ether oxygens (including phenoxy) is 1. The Morgan fingerprint density at radius 2 is 2.11 bits per heavy atom. The summed E-state index contributed by atoms with van der Waals surface area (Å²) in [5.41, 5.74) is 0.896. The van der Waals surface area contributed by atoms with Crippen molar-refractivity contribution in [1.82, 2.24) is 5.32 Å². The van der Waals surface area contributed by atoms with Crippen molar-refractivity contribution in [1.29, 1.82) is 0 Å². The lowest BCUT2D eigenvalue weighted by Gasteiger charge is -2.25. The number of phenolic OH excluding ortho intramolecular Hbond substituents is 1. The van der Waals surface area contributed by atoms with Gasteiger partial charge in [-0.25, -0.2) is 0 Å². The first-order valence-electron chi connectivity index (χ1n) is 6.05. The molecule has 0 amide bonds. The van der Waals surface area contributed by atoms with Crippen LogP contribution in [0.25, 0.3) is 0 Å². The van der Waals surface area contributed by atoms with Crippen molar-refractivity contribution in [2.24, 2.45) is 0 Å². The maximum Gasteiger partial charge on any atom is 0.124 e. The normalized spacial score (nSPS) is 13.4. The van der Waals surface area contributed by atoms with Crippen LogP contribution >= 0.6 is 11.8 Å². The van der Waals surface area contributed by atoms with E-state index < -0.39 is 0 Å². The SMILES string of the molecule is COc1ccc(C(C)NCC(C)(C)SC)c(O)c1. The van der Waals surface area contributed by atoms with Crippen molar-refractivity contribution in [3.05, 3.63) is 23.8 Å². The Hall–Kier alpha value is -0.870. The van der Waals surface area contributed by atoms with Gasteiger partial charge in [-0.3, -0.25) is 0 Å². The van der Waals surface area contributed by atoms with Crippen LogP contribution in [0.3, 0.4) is 0 Å². The molecule has 0 aliphatic heterocycles. The summed E-state index contributed by atoms with van der Waals surface area (Å²) in [4.78, 5) is 0. The van der Waals surface area contributed by atoms with Crippen LogP contribution in [0.1, 0.15) is 32.4 Å². The van der Waals surface area contributed by atoms with E-state index in [9.17, 15) is 5.11 Å². The Labute approximate surface area is 114 Å². The highest BCUT2D eigenvalue weighted by Crippen LogP contribution is 2.29. The Morgan fingerprint density at radius 3 is 2.61 bits per heavy atom. The van der Waals surface area contributed by atoms with Gasteiger partial charge in [0.05, 0.1) is 7.11 Å². The third-order valence-electron chi connectivity index (χ3n) is 3.09. The molecule has 4 heteroatoms. The molecular formula is C14H23NO2S. The molecule has 2 N–H and O–H groups in total. The standard InChI is InChI=1S/C14H23NO2S/c1-10(15-9-14(2,3)18-5)12-7-6-11(17-4)8-13(12)16/h6-8,10,15-16H,9H2,1-5H3. The first-order valence-corrected chi connectivity index (χ1v) is 7.27. The predicted octanol–water partition coefficient (Wildman–Crippen LogP) is 3.19.